The first-order valence-electron chi connectivity index (χ1n) is 6.52. The topological polar surface area (TPSA) is 69.6 Å². The van der Waals surface area contributed by atoms with Crippen molar-refractivity contribution in [3.8, 4) is 0 Å². The summed E-state index contributed by atoms with van der Waals surface area (Å²) in [6, 6.07) is 0. The number of piperidine rings is 1. The molecule has 1 aliphatic heterocycles. The fourth-order valence-electron chi connectivity index (χ4n) is 2.48. The number of rotatable bonds is 4. The van der Waals surface area contributed by atoms with Gasteiger partial charge in [0, 0.05) is 26.0 Å². The van der Waals surface area contributed by atoms with Gasteiger partial charge in [0.15, 0.2) is 11.5 Å². The number of anilines is 1. The molecule has 0 unspecified atom stereocenters. The number of aromatic carboxylic acids is 1. The van der Waals surface area contributed by atoms with Crippen molar-refractivity contribution in [2.24, 2.45) is 5.92 Å². The Hall–Kier alpha value is -1.69. The van der Waals surface area contributed by atoms with Gasteiger partial charge in [-0.1, -0.05) is 0 Å². The van der Waals surface area contributed by atoms with Crippen LogP contribution in [-0.2, 0) is 0 Å². The van der Waals surface area contributed by atoms with Crippen LogP contribution < -0.4 is 4.90 Å². The minimum absolute atomic E-state index is 0.0259. The quantitative estimate of drug-likeness (QED) is 0.873. The van der Waals surface area contributed by atoms with Crippen LogP contribution in [0.5, 0.6) is 0 Å². The van der Waals surface area contributed by atoms with E-state index in [9.17, 15) is 4.79 Å². The highest BCUT2D eigenvalue weighted by Gasteiger charge is 2.21. The van der Waals surface area contributed by atoms with E-state index in [1.54, 1.807) is 0 Å². The Labute approximate surface area is 113 Å². The number of aromatic nitrogens is 2. The molecule has 0 aromatic carbocycles. The summed E-state index contributed by atoms with van der Waals surface area (Å²) in [5.74, 6) is 0.0112. The van der Waals surface area contributed by atoms with E-state index >= 15 is 0 Å². The fraction of sp³-hybridized carbons (Fsp3) is 0.615. The number of carboxylic acid groups (broad SMARTS) is 1. The van der Waals surface area contributed by atoms with Crippen molar-refractivity contribution in [3.05, 3.63) is 18.1 Å². The smallest absolute Gasteiger partial charge is 0.358 e. The summed E-state index contributed by atoms with van der Waals surface area (Å²) in [6.45, 7) is 3.03. The van der Waals surface area contributed by atoms with Crippen LogP contribution in [-0.4, -0.2) is 59.7 Å². The highest BCUT2D eigenvalue weighted by atomic mass is 16.4. The van der Waals surface area contributed by atoms with Crippen LogP contribution in [0, 0.1) is 5.92 Å². The molecule has 1 fully saturated rings. The third-order valence-corrected chi connectivity index (χ3v) is 3.61. The van der Waals surface area contributed by atoms with Crippen LogP contribution in [0.1, 0.15) is 23.3 Å². The van der Waals surface area contributed by atoms with E-state index < -0.39 is 5.97 Å². The monoisotopic (exact) mass is 264 g/mol. The molecule has 1 N–H and O–H groups in total. The molecule has 0 atom stereocenters. The molecule has 0 radical (unpaired) electrons. The van der Waals surface area contributed by atoms with Crippen LogP contribution in [0.15, 0.2) is 12.4 Å². The maximum Gasteiger partial charge on any atom is 0.358 e. The molecule has 6 nitrogen and oxygen atoms in total. The summed E-state index contributed by atoms with van der Waals surface area (Å²) >= 11 is 0. The van der Waals surface area contributed by atoms with Gasteiger partial charge in [0.1, 0.15) is 0 Å². The van der Waals surface area contributed by atoms with Crippen molar-refractivity contribution in [1.29, 1.82) is 0 Å². The number of nitrogens with zero attached hydrogens (tertiary/aromatic N) is 4. The molecule has 1 aromatic heterocycles. The van der Waals surface area contributed by atoms with Crippen molar-refractivity contribution >= 4 is 11.8 Å². The number of hydrogen-bond donors (Lipinski definition) is 1. The highest BCUT2D eigenvalue weighted by molar-refractivity contribution is 5.90. The highest BCUT2D eigenvalue weighted by Crippen LogP contribution is 2.20. The average molecular weight is 264 g/mol. The van der Waals surface area contributed by atoms with Crippen LogP contribution in [0.3, 0.4) is 0 Å². The number of carbonyl (C=O) groups is 1. The van der Waals surface area contributed by atoms with Crippen LogP contribution in [0.25, 0.3) is 0 Å². The summed E-state index contributed by atoms with van der Waals surface area (Å²) in [4.78, 5) is 23.4. The lowest BCUT2D eigenvalue weighted by atomic mass is 9.96. The van der Waals surface area contributed by atoms with E-state index in [0.29, 0.717) is 11.7 Å². The third-order valence-electron chi connectivity index (χ3n) is 3.61. The molecule has 1 aliphatic rings. The first-order chi connectivity index (χ1) is 9.08. The molecular formula is C13H20N4O2. The maximum absolute atomic E-state index is 11.1. The van der Waals surface area contributed by atoms with Crippen LogP contribution in [0.4, 0.5) is 5.82 Å². The molecule has 0 bridgehead atoms. The van der Waals surface area contributed by atoms with Crippen molar-refractivity contribution < 1.29 is 9.90 Å². The second kappa shape index (κ2) is 5.97. The Morgan fingerprint density at radius 1 is 1.42 bits per heavy atom. The third kappa shape index (κ3) is 3.41. The zero-order chi connectivity index (χ0) is 13.8. The zero-order valence-electron chi connectivity index (χ0n) is 11.4. The lowest BCUT2D eigenvalue weighted by molar-refractivity contribution is 0.0690. The summed E-state index contributed by atoms with van der Waals surface area (Å²) in [7, 11) is 4.01. The maximum atomic E-state index is 11.1. The molecule has 19 heavy (non-hydrogen) atoms. The summed E-state index contributed by atoms with van der Waals surface area (Å²) in [5.41, 5.74) is 0.0259. The predicted molar refractivity (Wildman–Crippen MR) is 72.5 cm³/mol. The van der Waals surface area contributed by atoms with Gasteiger partial charge in [-0.3, -0.25) is 0 Å². The SMILES string of the molecule is CN1CCC(CN(C)c2nccnc2C(=O)O)CC1. The van der Waals surface area contributed by atoms with Crippen molar-refractivity contribution in [2.75, 3.05) is 38.6 Å². The molecule has 104 valence electrons. The molecule has 0 spiro atoms. The van der Waals surface area contributed by atoms with Gasteiger partial charge in [-0.2, -0.15) is 0 Å². The van der Waals surface area contributed by atoms with Gasteiger partial charge < -0.3 is 14.9 Å². The van der Waals surface area contributed by atoms with Crippen molar-refractivity contribution in [2.45, 2.75) is 12.8 Å². The van der Waals surface area contributed by atoms with E-state index in [0.717, 1.165) is 32.5 Å². The normalized spacial score (nSPS) is 17.4. The van der Waals surface area contributed by atoms with Gasteiger partial charge in [0.05, 0.1) is 0 Å². The van der Waals surface area contributed by atoms with Crippen LogP contribution in [0.2, 0.25) is 0 Å². The first kappa shape index (κ1) is 13.7. The molecule has 0 aliphatic carbocycles. The van der Waals surface area contributed by atoms with E-state index in [4.69, 9.17) is 5.11 Å². The van der Waals surface area contributed by atoms with Crippen molar-refractivity contribution in [3.63, 3.8) is 0 Å². The standard InChI is InChI=1S/C13H20N4O2/c1-16-7-3-10(4-8-16)9-17(2)12-11(13(18)19)14-5-6-15-12/h5-6,10H,3-4,7-9H2,1-2H3,(H,18,19). The molecule has 1 saturated heterocycles. The minimum Gasteiger partial charge on any atom is -0.476 e. The zero-order valence-corrected chi connectivity index (χ0v) is 11.4. The Morgan fingerprint density at radius 3 is 2.68 bits per heavy atom. The second-order valence-corrected chi connectivity index (χ2v) is 5.16. The summed E-state index contributed by atoms with van der Waals surface area (Å²) < 4.78 is 0. The van der Waals surface area contributed by atoms with E-state index in [-0.39, 0.29) is 5.69 Å². The Balaban J connectivity index is 2.03. The van der Waals surface area contributed by atoms with E-state index in [1.165, 1.54) is 12.4 Å². The Morgan fingerprint density at radius 2 is 2.05 bits per heavy atom. The summed E-state index contributed by atoms with van der Waals surface area (Å²) in [5, 5.41) is 9.12. The largest absolute Gasteiger partial charge is 0.476 e. The molecule has 2 heterocycles. The second-order valence-electron chi connectivity index (χ2n) is 5.16. The Kier molecular flexibility index (Phi) is 4.31. The van der Waals surface area contributed by atoms with Crippen molar-refractivity contribution in [1.82, 2.24) is 14.9 Å². The van der Waals surface area contributed by atoms with Gasteiger partial charge in [-0.15, -0.1) is 0 Å². The molecule has 0 saturated carbocycles. The lowest BCUT2D eigenvalue weighted by Crippen LogP contribution is -2.36. The molecule has 0 amide bonds. The average Bonchev–Trinajstić information content (AvgIpc) is 2.41. The van der Waals surface area contributed by atoms with E-state index in [2.05, 4.69) is 21.9 Å². The molecular weight excluding hydrogens is 244 g/mol. The molecule has 6 heteroatoms. The van der Waals surface area contributed by atoms with Gasteiger partial charge in [-0.05, 0) is 38.9 Å². The van der Waals surface area contributed by atoms with E-state index in [1.807, 2.05) is 11.9 Å². The lowest BCUT2D eigenvalue weighted by Gasteiger charge is -2.32. The van der Waals surface area contributed by atoms with Gasteiger partial charge in [0.25, 0.3) is 0 Å². The number of hydrogen-bond acceptors (Lipinski definition) is 5. The predicted octanol–water partition coefficient (Wildman–Crippen LogP) is 0.953. The first-order valence-corrected chi connectivity index (χ1v) is 6.52. The molecule has 1 aromatic rings. The Bertz CT molecular complexity index is 444. The minimum atomic E-state index is -1.03. The van der Waals surface area contributed by atoms with Gasteiger partial charge in [0.2, 0.25) is 0 Å². The van der Waals surface area contributed by atoms with Gasteiger partial charge >= 0.3 is 5.97 Å². The van der Waals surface area contributed by atoms with Crippen LogP contribution >= 0.6 is 0 Å². The summed E-state index contributed by atoms with van der Waals surface area (Å²) in [6.07, 6.45) is 5.23. The fourth-order valence-corrected chi connectivity index (χ4v) is 2.48. The van der Waals surface area contributed by atoms with Gasteiger partial charge in [-0.25, -0.2) is 14.8 Å². The number of carboxylic acids is 1. The number of likely N-dealkylation sites (tertiary alicyclic amines) is 1. The molecule has 2 rings (SSSR count).